The molecule has 3 amide bonds. The lowest BCUT2D eigenvalue weighted by atomic mass is 10.2. The van der Waals surface area contributed by atoms with Gasteiger partial charge in [0.2, 0.25) is 0 Å². The predicted molar refractivity (Wildman–Crippen MR) is 89.5 cm³/mol. The summed E-state index contributed by atoms with van der Waals surface area (Å²) in [6, 6.07) is 15.2. The summed E-state index contributed by atoms with van der Waals surface area (Å²) in [6.45, 7) is 1.79. The van der Waals surface area contributed by atoms with Crippen LogP contribution in [0.25, 0.3) is 0 Å². The van der Waals surface area contributed by atoms with Gasteiger partial charge in [-0.25, -0.2) is 4.79 Å². The summed E-state index contributed by atoms with van der Waals surface area (Å²) < 4.78 is 0. The highest BCUT2D eigenvalue weighted by Gasteiger charge is 2.07. The van der Waals surface area contributed by atoms with Gasteiger partial charge >= 0.3 is 6.03 Å². The lowest BCUT2D eigenvalue weighted by molar-refractivity contribution is 0.0924. The number of amides is 3. The number of para-hydroxylation sites is 1. The Labute approximate surface area is 134 Å². The van der Waals surface area contributed by atoms with Crippen LogP contribution in [0.1, 0.15) is 17.3 Å². The van der Waals surface area contributed by atoms with Crippen molar-refractivity contribution in [3.05, 3.63) is 60.2 Å². The first kappa shape index (κ1) is 16.5. The summed E-state index contributed by atoms with van der Waals surface area (Å²) in [5, 5.41) is 17.1. The van der Waals surface area contributed by atoms with Crippen molar-refractivity contribution in [3.8, 4) is 0 Å². The van der Waals surface area contributed by atoms with E-state index in [9.17, 15) is 9.59 Å². The number of aliphatic hydroxyl groups excluding tert-OH is 1. The number of urea groups is 1. The normalized spacial score (nSPS) is 11.4. The monoisotopic (exact) mass is 313 g/mol. The Morgan fingerprint density at radius 1 is 0.957 bits per heavy atom. The molecule has 0 saturated heterocycles. The minimum absolute atomic E-state index is 0.193. The van der Waals surface area contributed by atoms with Gasteiger partial charge in [0, 0.05) is 23.5 Å². The Bertz CT molecular complexity index is 655. The molecule has 4 N–H and O–H groups in total. The van der Waals surface area contributed by atoms with E-state index in [0.717, 1.165) is 0 Å². The smallest absolute Gasteiger partial charge is 0.323 e. The maximum Gasteiger partial charge on any atom is 0.323 e. The molecule has 0 heterocycles. The summed E-state index contributed by atoms with van der Waals surface area (Å²) in [5.41, 5.74) is 1.73. The molecule has 1 unspecified atom stereocenters. The summed E-state index contributed by atoms with van der Waals surface area (Å²) in [7, 11) is 0. The molecule has 0 fully saturated rings. The Morgan fingerprint density at radius 3 is 2.09 bits per heavy atom. The van der Waals surface area contributed by atoms with E-state index in [4.69, 9.17) is 5.11 Å². The zero-order valence-corrected chi connectivity index (χ0v) is 12.7. The number of carbonyl (C=O) groups excluding carboxylic acids is 2. The van der Waals surface area contributed by atoms with Gasteiger partial charge in [-0.05, 0) is 43.3 Å². The molecule has 0 aromatic heterocycles. The molecule has 2 rings (SSSR count). The number of aliphatic hydroxyl groups is 1. The SMILES string of the molecule is CC(O)CNC(=O)c1ccc(NC(=O)Nc2ccccc2)cc1. The van der Waals surface area contributed by atoms with Gasteiger partial charge in [0.1, 0.15) is 0 Å². The van der Waals surface area contributed by atoms with Crippen molar-refractivity contribution in [3.63, 3.8) is 0 Å². The van der Waals surface area contributed by atoms with Gasteiger partial charge in [-0.2, -0.15) is 0 Å². The highest BCUT2D eigenvalue weighted by molar-refractivity contribution is 6.00. The van der Waals surface area contributed by atoms with E-state index < -0.39 is 6.10 Å². The van der Waals surface area contributed by atoms with Crippen molar-refractivity contribution in [2.45, 2.75) is 13.0 Å². The van der Waals surface area contributed by atoms with Crippen molar-refractivity contribution in [1.82, 2.24) is 5.32 Å². The fraction of sp³-hybridized carbons (Fsp3) is 0.176. The Balaban J connectivity index is 1.89. The van der Waals surface area contributed by atoms with Crippen LogP contribution in [0, 0.1) is 0 Å². The second-order valence-corrected chi connectivity index (χ2v) is 5.08. The molecule has 6 heteroatoms. The number of carbonyl (C=O) groups is 2. The molecule has 2 aromatic rings. The minimum Gasteiger partial charge on any atom is -0.392 e. The number of nitrogens with one attached hydrogen (secondary N) is 3. The number of hydrogen-bond acceptors (Lipinski definition) is 3. The highest BCUT2D eigenvalue weighted by atomic mass is 16.3. The maximum absolute atomic E-state index is 11.8. The molecule has 6 nitrogen and oxygen atoms in total. The molecule has 0 saturated carbocycles. The molecule has 0 aliphatic rings. The lowest BCUT2D eigenvalue weighted by Gasteiger charge is -2.09. The van der Waals surface area contributed by atoms with Crippen LogP contribution in [0.3, 0.4) is 0 Å². The molecule has 0 aliphatic heterocycles. The van der Waals surface area contributed by atoms with Crippen LogP contribution >= 0.6 is 0 Å². The van der Waals surface area contributed by atoms with Gasteiger partial charge in [-0.3, -0.25) is 4.79 Å². The van der Waals surface area contributed by atoms with Gasteiger partial charge in [-0.1, -0.05) is 18.2 Å². The van der Waals surface area contributed by atoms with Gasteiger partial charge in [0.05, 0.1) is 6.10 Å². The molecule has 1 atom stereocenters. The van der Waals surface area contributed by atoms with E-state index in [2.05, 4.69) is 16.0 Å². The lowest BCUT2D eigenvalue weighted by Crippen LogP contribution is -2.30. The average Bonchev–Trinajstić information content (AvgIpc) is 2.54. The third-order valence-electron chi connectivity index (χ3n) is 2.99. The second-order valence-electron chi connectivity index (χ2n) is 5.08. The first-order chi connectivity index (χ1) is 11.0. The summed E-state index contributed by atoms with van der Waals surface area (Å²) in [4.78, 5) is 23.7. The third kappa shape index (κ3) is 5.44. The second kappa shape index (κ2) is 7.95. The van der Waals surface area contributed by atoms with E-state index in [-0.39, 0.29) is 18.5 Å². The van der Waals surface area contributed by atoms with E-state index in [1.54, 1.807) is 43.3 Å². The fourth-order valence-electron chi connectivity index (χ4n) is 1.86. The Hall–Kier alpha value is -2.86. The van der Waals surface area contributed by atoms with E-state index in [1.165, 1.54) is 0 Å². The Morgan fingerprint density at radius 2 is 1.52 bits per heavy atom. The van der Waals surface area contributed by atoms with Gasteiger partial charge < -0.3 is 21.1 Å². The molecule has 0 bridgehead atoms. The number of anilines is 2. The van der Waals surface area contributed by atoms with Crippen molar-refractivity contribution in [2.24, 2.45) is 0 Å². The molecule has 23 heavy (non-hydrogen) atoms. The number of benzene rings is 2. The van der Waals surface area contributed by atoms with Crippen molar-refractivity contribution >= 4 is 23.3 Å². The number of rotatable bonds is 5. The zero-order valence-electron chi connectivity index (χ0n) is 12.7. The van der Waals surface area contributed by atoms with Crippen LogP contribution < -0.4 is 16.0 Å². The number of hydrogen-bond donors (Lipinski definition) is 4. The highest BCUT2D eigenvalue weighted by Crippen LogP contribution is 2.11. The van der Waals surface area contributed by atoms with Crippen molar-refractivity contribution in [1.29, 1.82) is 0 Å². The minimum atomic E-state index is -0.596. The van der Waals surface area contributed by atoms with Gasteiger partial charge in [-0.15, -0.1) is 0 Å². The Kier molecular flexibility index (Phi) is 5.71. The van der Waals surface area contributed by atoms with Gasteiger partial charge in [0.15, 0.2) is 0 Å². The summed E-state index contributed by atoms with van der Waals surface area (Å²) in [5.74, 6) is -0.272. The van der Waals surface area contributed by atoms with E-state index >= 15 is 0 Å². The first-order valence-electron chi connectivity index (χ1n) is 7.24. The van der Waals surface area contributed by atoms with Crippen molar-refractivity contribution < 1.29 is 14.7 Å². The molecule has 0 radical (unpaired) electrons. The van der Waals surface area contributed by atoms with Gasteiger partial charge in [0.25, 0.3) is 5.91 Å². The van der Waals surface area contributed by atoms with Crippen LogP contribution in [-0.2, 0) is 0 Å². The zero-order chi connectivity index (χ0) is 16.7. The molecule has 120 valence electrons. The standard InChI is InChI=1S/C17H19N3O3/c1-12(21)11-18-16(22)13-7-9-15(10-8-13)20-17(23)19-14-5-3-2-4-6-14/h2-10,12,21H,11H2,1H3,(H,18,22)(H2,19,20,23). The summed E-state index contributed by atoms with van der Waals surface area (Å²) in [6.07, 6.45) is -0.596. The fourth-order valence-corrected chi connectivity index (χ4v) is 1.86. The molecular formula is C17H19N3O3. The maximum atomic E-state index is 11.8. The third-order valence-corrected chi connectivity index (χ3v) is 2.99. The molecule has 0 aliphatic carbocycles. The largest absolute Gasteiger partial charge is 0.392 e. The van der Waals surface area contributed by atoms with E-state index in [0.29, 0.717) is 16.9 Å². The predicted octanol–water partition coefficient (Wildman–Crippen LogP) is 2.44. The molecule has 0 spiro atoms. The van der Waals surface area contributed by atoms with Crippen LogP contribution in [0.4, 0.5) is 16.2 Å². The summed E-state index contributed by atoms with van der Waals surface area (Å²) >= 11 is 0. The van der Waals surface area contributed by atoms with Crippen LogP contribution in [0.2, 0.25) is 0 Å². The average molecular weight is 313 g/mol. The molecular weight excluding hydrogens is 294 g/mol. The van der Waals surface area contributed by atoms with Crippen LogP contribution in [0.5, 0.6) is 0 Å². The quantitative estimate of drug-likeness (QED) is 0.683. The van der Waals surface area contributed by atoms with Crippen LogP contribution in [-0.4, -0.2) is 29.7 Å². The van der Waals surface area contributed by atoms with Crippen molar-refractivity contribution in [2.75, 3.05) is 17.2 Å². The molecule has 2 aromatic carbocycles. The van der Waals surface area contributed by atoms with Crippen LogP contribution in [0.15, 0.2) is 54.6 Å². The topological polar surface area (TPSA) is 90.5 Å². The first-order valence-corrected chi connectivity index (χ1v) is 7.24. The van der Waals surface area contributed by atoms with E-state index in [1.807, 2.05) is 18.2 Å².